The minimum Gasteiger partial charge on any atom is -0.298 e. The van der Waals surface area contributed by atoms with Crippen LogP contribution >= 0.6 is 15.9 Å². The molecule has 1 aromatic rings. The van der Waals surface area contributed by atoms with E-state index in [-0.39, 0.29) is 17.1 Å². The standard InChI is InChI=1S/C16H18BrNO/c1-16(2)8-4-7-14(16)15(19)13(10-18)11-5-3-6-12(17)9-11/h3,5-6,9,13-14H,4,7-8H2,1-2H3. The van der Waals surface area contributed by atoms with Gasteiger partial charge >= 0.3 is 0 Å². The third-order valence-corrected chi connectivity index (χ3v) is 4.69. The molecule has 1 saturated carbocycles. The van der Waals surface area contributed by atoms with Gasteiger partial charge in [-0.3, -0.25) is 4.79 Å². The number of benzene rings is 1. The summed E-state index contributed by atoms with van der Waals surface area (Å²) in [5, 5.41) is 9.39. The van der Waals surface area contributed by atoms with Gasteiger partial charge in [-0.2, -0.15) is 5.26 Å². The summed E-state index contributed by atoms with van der Waals surface area (Å²) in [5.41, 5.74) is 0.822. The molecular weight excluding hydrogens is 302 g/mol. The molecule has 0 N–H and O–H groups in total. The summed E-state index contributed by atoms with van der Waals surface area (Å²) in [6.45, 7) is 4.27. The molecule has 0 heterocycles. The molecule has 3 heteroatoms. The second-order valence-corrected chi connectivity index (χ2v) is 6.87. The molecule has 1 aliphatic rings. The number of nitriles is 1. The Balaban J connectivity index is 2.28. The predicted molar refractivity (Wildman–Crippen MR) is 78.6 cm³/mol. The number of halogens is 1. The highest BCUT2D eigenvalue weighted by molar-refractivity contribution is 9.10. The first-order chi connectivity index (χ1) is 8.95. The van der Waals surface area contributed by atoms with Gasteiger partial charge in [-0.05, 0) is 36.0 Å². The van der Waals surface area contributed by atoms with Crippen molar-refractivity contribution in [1.29, 1.82) is 5.26 Å². The predicted octanol–water partition coefficient (Wildman–Crippen LogP) is 4.45. The van der Waals surface area contributed by atoms with E-state index in [2.05, 4.69) is 35.8 Å². The van der Waals surface area contributed by atoms with Crippen LogP contribution < -0.4 is 0 Å². The van der Waals surface area contributed by atoms with Gasteiger partial charge < -0.3 is 0 Å². The molecule has 0 amide bonds. The van der Waals surface area contributed by atoms with E-state index < -0.39 is 5.92 Å². The number of ketones is 1. The van der Waals surface area contributed by atoms with Crippen LogP contribution in [0.3, 0.4) is 0 Å². The number of carbonyl (C=O) groups excluding carboxylic acids is 1. The van der Waals surface area contributed by atoms with Gasteiger partial charge in [0.1, 0.15) is 5.92 Å². The van der Waals surface area contributed by atoms with Crippen molar-refractivity contribution in [2.24, 2.45) is 11.3 Å². The van der Waals surface area contributed by atoms with Crippen LogP contribution in [-0.4, -0.2) is 5.78 Å². The van der Waals surface area contributed by atoms with Crippen molar-refractivity contribution in [2.75, 3.05) is 0 Å². The van der Waals surface area contributed by atoms with Crippen LogP contribution in [0.2, 0.25) is 0 Å². The monoisotopic (exact) mass is 319 g/mol. The highest BCUT2D eigenvalue weighted by Gasteiger charge is 2.42. The highest BCUT2D eigenvalue weighted by Crippen LogP contribution is 2.45. The van der Waals surface area contributed by atoms with Gasteiger partial charge in [0.05, 0.1) is 6.07 Å². The second kappa shape index (κ2) is 5.46. The number of Topliss-reactive ketones (excluding diaryl/α,β-unsaturated/α-hetero) is 1. The number of hydrogen-bond donors (Lipinski definition) is 0. The van der Waals surface area contributed by atoms with Gasteiger partial charge in [-0.1, -0.05) is 48.3 Å². The largest absolute Gasteiger partial charge is 0.298 e. The van der Waals surface area contributed by atoms with E-state index >= 15 is 0 Å². The lowest BCUT2D eigenvalue weighted by atomic mass is 9.75. The molecule has 0 radical (unpaired) electrons. The molecule has 2 atom stereocenters. The third kappa shape index (κ3) is 2.90. The van der Waals surface area contributed by atoms with Crippen LogP contribution in [0.25, 0.3) is 0 Å². The number of rotatable bonds is 3. The van der Waals surface area contributed by atoms with Crippen molar-refractivity contribution in [3.63, 3.8) is 0 Å². The molecule has 1 aromatic carbocycles. The Morgan fingerprint density at radius 1 is 1.53 bits per heavy atom. The molecule has 0 saturated heterocycles. The van der Waals surface area contributed by atoms with Crippen LogP contribution in [0.1, 0.15) is 44.6 Å². The molecule has 2 nitrogen and oxygen atoms in total. The van der Waals surface area contributed by atoms with Crippen molar-refractivity contribution in [3.05, 3.63) is 34.3 Å². The summed E-state index contributed by atoms with van der Waals surface area (Å²) < 4.78 is 0.906. The minimum absolute atomic E-state index is 0.0103. The van der Waals surface area contributed by atoms with Gasteiger partial charge in [0.2, 0.25) is 0 Å². The Morgan fingerprint density at radius 2 is 2.26 bits per heavy atom. The van der Waals surface area contributed by atoms with Crippen molar-refractivity contribution < 1.29 is 4.79 Å². The summed E-state index contributed by atoms with van der Waals surface area (Å²) in [5.74, 6) is -0.542. The minimum atomic E-state index is -0.639. The first kappa shape index (κ1) is 14.3. The van der Waals surface area contributed by atoms with E-state index in [1.165, 1.54) is 0 Å². The lowest BCUT2D eigenvalue weighted by molar-refractivity contribution is -0.125. The van der Waals surface area contributed by atoms with E-state index in [0.29, 0.717) is 0 Å². The van der Waals surface area contributed by atoms with Crippen molar-refractivity contribution in [3.8, 4) is 6.07 Å². The van der Waals surface area contributed by atoms with Gasteiger partial charge in [-0.25, -0.2) is 0 Å². The second-order valence-electron chi connectivity index (χ2n) is 5.95. The Bertz CT molecular complexity index is 530. The van der Waals surface area contributed by atoms with E-state index in [1.54, 1.807) is 0 Å². The smallest absolute Gasteiger partial charge is 0.158 e. The van der Waals surface area contributed by atoms with Gasteiger partial charge in [0.25, 0.3) is 0 Å². The Hall–Kier alpha value is -1.14. The van der Waals surface area contributed by atoms with E-state index in [9.17, 15) is 10.1 Å². The summed E-state index contributed by atoms with van der Waals surface area (Å²) in [4.78, 5) is 12.7. The Labute approximate surface area is 122 Å². The van der Waals surface area contributed by atoms with E-state index in [1.807, 2.05) is 24.3 Å². The SMILES string of the molecule is CC1(C)CCCC1C(=O)C(C#N)c1cccc(Br)c1. The first-order valence-corrected chi connectivity index (χ1v) is 7.44. The van der Waals surface area contributed by atoms with Gasteiger partial charge in [-0.15, -0.1) is 0 Å². The fourth-order valence-electron chi connectivity index (χ4n) is 3.04. The Morgan fingerprint density at radius 3 is 2.79 bits per heavy atom. The van der Waals surface area contributed by atoms with Crippen LogP contribution in [0.15, 0.2) is 28.7 Å². The zero-order valence-corrected chi connectivity index (χ0v) is 12.9. The zero-order chi connectivity index (χ0) is 14.0. The van der Waals surface area contributed by atoms with Crippen molar-refractivity contribution in [2.45, 2.75) is 39.0 Å². The molecule has 0 aromatic heterocycles. The molecule has 19 heavy (non-hydrogen) atoms. The summed E-state index contributed by atoms with van der Waals surface area (Å²) in [6, 6.07) is 9.69. The summed E-state index contributed by atoms with van der Waals surface area (Å²) >= 11 is 3.39. The molecule has 0 aliphatic heterocycles. The van der Waals surface area contributed by atoms with E-state index in [0.717, 1.165) is 29.3 Å². The molecule has 0 spiro atoms. The molecule has 2 unspecified atom stereocenters. The van der Waals surface area contributed by atoms with Crippen LogP contribution in [0, 0.1) is 22.7 Å². The maximum atomic E-state index is 12.7. The van der Waals surface area contributed by atoms with Gasteiger partial charge in [0, 0.05) is 10.4 Å². The number of nitrogens with zero attached hydrogens (tertiary/aromatic N) is 1. The molecule has 1 fully saturated rings. The van der Waals surface area contributed by atoms with Crippen LogP contribution in [0.4, 0.5) is 0 Å². The fourth-order valence-corrected chi connectivity index (χ4v) is 3.46. The highest BCUT2D eigenvalue weighted by atomic mass is 79.9. The maximum absolute atomic E-state index is 12.7. The molecular formula is C16H18BrNO. The molecule has 0 bridgehead atoms. The lowest BCUT2D eigenvalue weighted by Gasteiger charge is -2.27. The normalized spacial score (nSPS) is 22.7. The topological polar surface area (TPSA) is 40.9 Å². The van der Waals surface area contributed by atoms with Crippen LogP contribution in [0.5, 0.6) is 0 Å². The van der Waals surface area contributed by atoms with Gasteiger partial charge in [0.15, 0.2) is 5.78 Å². The summed E-state index contributed by atoms with van der Waals surface area (Å²) in [7, 11) is 0. The zero-order valence-electron chi connectivity index (χ0n) is 11.3. The molecule has 100 valence electrons. The number of hydrogen-bond acceptors (Lipinski definition) is 2. The van der Waals surface area contributed by atoms with Crippen LogP contribution in [-0.2, 0) is 4.79 Å². The molecule has 1 aliphatic carbocycles. The first-order valence-electron chi connectivity index (χ1n) is 6.64. The Kier molecular flexibility index (Phi) is 4.10. The molecule has 2 rings (SSSR count). The van der Waals surface area contributed by atoms with Crippen molar-refractivity contribution in [1.82, 2.24) is 0 Å². The summed E-state index contributed by atoms with van der Waals surface area (Å²) in [6.07, 6.45) is 3.07. The number of carbonyl (C=O) groups is 1. The average Bonchev–Trinajstić information content (AvgIpc) is 2.70. The fraction of sp³-hybridized carbons (Fsp3) is 0.500. The maximum Gasteiger partial charge on any atom is 0.158 e. The lowest BCUT2D eigenvalue weighted by Crippen LogP contribution is -2.29. The third-order valence-electron chi connectivity index (χ3n) is 4.20. The van der Waals surface area contributed by atoms with E-state index in [4.69, 9.17) is 0 Å². The average molecular weight is 320 g/mol. The van der Waals surface area contributed by atoms with Crippen molar-refractivity contribution >= 4 is 21.7 Å². The quantitative estimate of drug-likeness (QED) is 0.825.